The van der Waals surface area contributed by atoms with E-state index >= 15 is 0 Å². The quantitative estimate of drug-likeness (QED) is 0.182. The van der Waals surface area contributed by atoms with Crippen LogP contribution in [0, 0.1) is 13.8 Å². The van der Waals surface area contributed by atoms with E-state index in [9.17, 15) is 4.79 Å². The number of benzene rings is 4. The van der Waals surface area contributed by atoms with Crippen molar-refractivity contribution in [1.29, 1.82) is 0 Å². The zero-order valence-electron chi connectivity index (χ0n) is 18.5. The van der Waals surface area contributed by atoms with Gasteiger partial charge in [-0.2, -0.15) is 0 Å². The van der Waals surface area contributed by atoms with Crippen LogP contribution in [0.1, 0.15) is 11.1 Å². The Bertz CT molecular complexity index is 1480. The number of carbonyl (C=O) groups is 1. The van der Waals surface area contributed by atoms with Gasteiger partial charge in [-0.1, -0.05) is 84.6 Å². The zero-order chi connectivity index (χ0) is 22.8. The van der Waals surface area contributed by atoms with Crippen molar-refractivity contribution in [3.05, 3.63) is 96.1 Å². The highest BCUT2D eigenvalue weighted by atomic mass is 32.2. The molecule has 0 saturated heterocycles. The van der Waals surface area contributed by atoms with Crippen LogP contribution in [0.2, 0.25) is 0 Å². The second-order valence-electron chi connectivity index (χ2n) is 7.99. The average Bonchev–Trinajstić information content (AvgIpc) is 2.85. The summed E-state index contributed by atoms with van der Waals surface area (Å²) in [5.41, 5.74) is 4.94. The van der Waals surface area contributed by atoms with Crippen molar-refractivity contribution in [2.75, 3.05) is 11.1 Å². The van der Waals surface area contributed by atoms with E-state index in [1.54, 1.807) is 0 Å². The third-order valence-electron chi connectivity index (χ3n) is 5.81. The summed E-state index contributed by atoms with van der Waals surface area (Å²) in [6, 6.07) is 28.3. The molecule has 162 valence electrons. The number of hydrogen-bond acceptors (Lipinski definition) is 4. The van der Waals surface area contributed by atoms with E-state index in [1.807, 2.05) is 74.5 Å². The molecule has 0 aliphatic carbocycles. The predicted octanol–water partition coefficient (Wildman–Crippen LogP) is 6.80. The maximum Gasteiger partial charge on any atom is 0.234 e. The summed E-state index contributed by atoms with van der Waals surface area (Å²) in [5.74, 6) is 0.875. The Kier molecular flexibility index (Phi) is 5.80. The third-order valence-corrected chi connectivity index (χ3v) is 6.80. The van der Waals surface area contributed by atoms with Crippen molar-refractivity contribution in [1.82, 2.24) is 9.97 Å². The lowest BCUT2D eigenvalue weighted by Gasteiger charge is -2.12. The molecular weight excluding hydrogens is 426 g/mol. The Labute approximate surface area is 197 Å². The highest BCUT2D eigenvalue weighted by molar-refractivity contribution is 8.00. The number of hydrogen-bond donors (Lipinski definition) is 1. The first-order valence-corrected chi connectivity index (χ1v) is 11.8. The molecule has 0 aliphatic heterocycles. The number of amides is 1. The first kappa shape index (κ1) is 21.2. The van der Waals surface area contributed by atoms with Gasteiger partial charge in [0.2, 0.25) is 5.91 Å². The van der Waals surface area contributed by atoms with Gasteiger partial charge in [-0.3, -0.25) is 4.79 Å². The number of aryl methyl sites for hydroxylation is 1. The van der Waals surface area contributed by atoms with Crippen LogP contribution in [0.25, 0.3) is 33.1 Å². The fourth-order valence-electron chi connectivity index (χ4n) is 3.87. The van der Waals surface area contributed by atoms with Crippen LogP contribution in [-0.2, 0) is 4.79 Å². The summed E-state index contributed by atoms with van der Waals surface area (Å²) in [6.07, 6.45) is 0. The van der Waals surface area contributed by atoms with Gasteiger partial charge >= 0.3 is 0 Å². The largest absolute Gasteiger partial charge is 0.325 e. The molecule has 1 N–H and O–H groups in total. The number of fused-ring (bicyclic) bond motifs is 3. The molecule has 0 unspecified atom stereocenters. The second-order valence-corrected chi connectivity index (χ2v) is 8.95. The van der Waals surface area contributed by atoms with Crippen molar-refractivity contribution in [2.45, 2.75) is 18.9 Å². The summed E-state index contributed by atoms with van der Waals surface area (Å²) < 4.78 is 0. The minimum absolute atomic E-state index is 0.0532. The zero-order valence-corrected chi connectivity index (χ0v) is 19.3. The molecule has 5 aromatic rings. The van der Waals surface area contributed by atoms with Gasteiger partial charge in [-0.05, 0) is 42.5 Å². The number of thioether (sulfide) groups is 1. The maximum absolute atomic E-state index is 12.8. The molecule has 0 aliphatic rings. The molecule has 0 saturated carbocycles. The Hall–Kier alpha value is -3.70. The highest BCUT2D eigenvalue weighted by Gasteiger charge is 2.14. The molecule has 0 spiro atoms. The fraction of sp³-hybridized carbons (Fsp3) is 0.107. The van der Waals surface area contributed by atoms with E-state index in [2.05, 4.69) is 29.6 Å². The van der Waals surface area contributed by atoms with Gasteiger partial charge in [0.1, 0.15) is 5.03 Å². The van der Waals surface area contributed by atoms with Gasteiger partial charge in [-0.15, -0.1) is 0 Å². The molecule has 4 nitrogen and oxygen atoms in total. The molecule has 0 fully saturated rings. The van der Waals surface area contributed by atoms with Crippen LogP contribution in [0.5, 0.6) is 0 Å². The van der Waals surface area contributed by atoms with Gasteiger partial charge in [0.05, 0.1) is 11.3 Å². The highest BCUT2D eigenvalue weighted by Crippen LogP contribution is 2.32. The van der Waals surface area contributed by atoms with Crippen molar-refractivity contribution in [3.63, 3.8) is 0 Å². The molecule has 1 aromatic heterocycles. The van der Waals surface area contributed by atoms with Crippen LogP contribution in [0.4, 0.5) is 5.69 Å². The molecule has 5 rings (SSSR count). The Morgan fingerprint density at radius 2 is 1.61 bits per heavy atom. The molecular formula is C28H23N3OS. The van der Waals surface area contributed by atoms with Crippen LogP contribution in [0.15, 0.2) is 90.0 Å². The first-order valence-electron chi connectivity index (χ1n) is 10.8. The van der Waals surface area contributed by atoms with Gasteiger partial charge in [0.15, 0.2) is 5.82 Å². The lowest BCUT2D eigenvalue weighted by Crippen LogP contribution is -2.15. The second kappa shape index (κ2) is 9.04. The predicted molar refractivity (Wildman–Crippen MR) is 138 cm³/mol. The van der Waals surface area contributed by atoms with Crippen molar-refractivity contribution in [3.8, 4) is 11.4 Å². The van der Waals surface area contributed by atoms with Crippen LogP contribution < -0.4 is 5.32 Å². The molecule has 1 heterocycles. The van der Waals surface area contributed by atoms with E-state index < -0.39 is 0 Å². The van der Waals surface area contributed by atoms with Crippen molar-refractivity contribution in [2.24, 2.45) is 0 Å². The summed E-state index contributed by atoms with van der Waals surface area (Å²) in [6.45, 7) is 4.06. The first-order chi connectivity index (χ1) is 16.1. The molecule has 0 atom stereocenters. The number of carbonyl (C=O) groups excluding carboxylic acids is 1. The lowest BCUT2D eigenvalue weighted by molar-refractivity contribution is -0.113. The van der Waals surface area contributed by atoms with E-state index in [0.29, 0.717) is 5.82 Å². The number of aromatic nitrogens is 2. The minimum Gasteiger partial charge on any atom is -0.325 e. The smallest absolute Gasteiger partial charge is 0.234 e. The van der Waals surface area contributed by atoms with E-state index in [1.165, 1.54) is 11.8 Å². The molecule has 33 heavy (non-hydrogen) atoms. The number of nitrogens with zero attached hydrogens (tertiary/aromatic N) is 2. The monoisotopic (exact) mass is 449 g/mol. The fourth-order valence-corrected chi connectivity index (χ4v) is 4.68. The lowest BCUT2D eigenvalue weighted by atomic mass is 10.1. The van der Waals surface area contributed by atoms with E-state index in [4.69, 9.17) is 9.97 Å². The molecule has 0 bridgehead atoms. The standard InChI is InChI=1S/C28H23N3OS/c1-18-9-8-14-24(19(18)2)29-25(32)17-33-28-23-16-15-20-10-6-7-13-22(20)26(23)30-27(31-28)21-11-4-3-5-12-21/h3-16H,17H2,1-2H3,(H,29,32). The van der Waals surface area contributed by atoms with E-state index in [0.717, 1.165) is 49.1 Å². The minimum atomic E-state index is -0.0532. The Morgan fingerprint density at radius 3 is 2.45 bits per heavy atom. The molecule has 5 heteroatoms. The number of nitrogens with one attached hydrogen (secondary N) is 1. The summed E-state index contributed by atoms with van der Waals surface area (Å²) in [4.78, 5) is 22.6. The van der Waals surface area contributed by atoms with Gasteiger partial charge < -0.3 is 5.32 Å². The van der Waals surface area contributed by atoms with Gasteiger partial charge in [0, 0.05) is 22.0 Å². The number of rotatable bonds is 5. The van der Waals surface area contributed by atoms with E-state index in [-0.39, 0.29) is 11.7 Å². The summed E-state index contributed by atoms with van der Waals surface area (Å²) >= 11 is 1.44. The maximum atomic E-state index is 12.8. The Morgan fingerprint density at radius 1 is 0.818 bits per heavy atom. The van der Waals surface area contributed by atoms with Crippen molar-refractivity contribution >= 4 is 45.0 Å². The van der Waals surface area contributed by atoms with Gasteiger partial charge in [-0.25, -0.2) is 9.97 Å². The topological polar surface area (TPSA) is 54.9 Å². The average molecular weight is 450 g/mol. The molecule has 4 aromatic carbocycles. The molecule has 1 amide bonds. The SMILES string of the molecule is Cc1cccc(NC(=O)CSc2nc(-c3ccccc3)nc3c2ccc2ccccc23)c1C. The number of anilines is 1. The van der Waals surface area contributed by atoms with Crippen LogP contribution in [-0.4, -0.2) is 21.6 Å². The van der Waals surface area contributed by atoms with Crippen molar-refractivity contribution < 1.29 is 4.79 Å². The summed E-state index contributed by atoms with van der Waals surface area (Å²) in [7, 11) is 0. The third kappa shape index (κ3) is 4.32. The van der Waals surface area contributed by atoms with Crippen LogP contribution >= 0.6 is 11.8 Å². The Balaban J connectivity index is 1.52. The molecule has 0 radical (unpaired) electrons. The normalized spacial score (nSPS) is 11.1. The van der Waals surface area contributed by atoms with Gasteiger partial charge in [0.25, 0.3) is 0 Å². The summed E-state index contributed by atoms with van der Waals surface area (Å²) in [5, 5.41) is 7.02. The van der Waals surface area contributed by atoms with Crippen LogP contribution in [0.3, 0.4) is 0 Å².